The van der Waals surface area contributed by atoms with Gasteiger partial charge in [-0.15, -0.1) is 0 Å². The van der Waals surface area contributed by atoms with Crippen LogP contribution in [0.1, 0.15) is 6.92 Å². The van der Waals surface area contributed by atoms with Gasteiger partial charge in [0.1, 0.15) is 0 Å². The van der Waals surface area contributed by atoms with Gasteiger partial charge in [0.2, 0.25) is 0 Å². The van der Waals surface area contributed by atoms with E-state index in [0.717, 1.165) is 49.0 Å². The summed E-state index contributed by atoms with van der Waals surface area (Å²) in [6.45, 7) is 2.02. The van der Waals surface area contributed by atoms with E-state index < -0.39 is 0 Å². The number of hydrogen-bond acceptors (Lipinski definition) is 0. The van der Waals surface area contributed by atoms with Crippen LogP contribution < -0.4 is 0 Å². The zero-order valence-corrected chi connectivity index (χ0v) is 6.83. The summed E-state index contributed by atoms with van der Waals surface area (Å²) >= 11 is 6.19. The fourth-order valence-corrected chi connectivity index (χ4v) is 0. The Morgan fingerprint density at radius 1 is 2.00 bits per heavy atom. The summed E-state index contributed by atoms with van der Waals surface area (Å²) in [5.74, 6) is 0. The van der Waals surface area contributed by atoms with Crippen LogP contribution in [0.4, 0.5) is 0 Å². The van der Waals surface area contributed by atoms with Gasteiger partial charge in [0.15, 0.2) is 0 Å². The Balaban J connectivity index is 2.32. The topological polar surface area (TPSA) is 0 Å². The van der Waals surface area contributed by atoms with Crippen LogP contribution in [-0.2, 0) is 0 Å². The molecule has 0 saturated carbocycles. The fourth-order valence-electron chi connectivity index (χ4n) is 0. The molecule has 0 aliphatic rings. The number of hydrogen-bond donors (Lipinski definition) is 0. The molecular formula is C2H4ClK. The third-order valence-electron chi connectivity index (χ3n) is 0. The summed E-state index contributed by atoms with van der Waals surface area (Å²) in [6, 6.07) is 0. The predicted octanol–water partition coefficient (Wildman–Crippen LogP) is 0.740. The van der Waals surface area contributed by atoms with Crippen LogP contribution in [0.25, 0.3) is 0 Å². The van der Waals surface area contributed by atoms with Gasteiger partial charge < -0.3 is 0 Å². The maximum absolute atomic E-state index is 5.36. The molecule has 4 heavy (non-hydrogen) atoms. The Hall–Kier alpha value is 1.93. The minimum atomic E-state index is 0.493. The minimum absolute atomic E-state index is 0.493. The van der Waals surface area contributed by atoms with E-state index in [9.17, 15) is 0 Å². The van der Waals surface area contributed by atoms with Gasteiger partial charge in [0.25, 0.3) is 0 Å². The molecule has 0 aliphatic carbocycles. The molecule has 0 rings (SSSR count). The molecule has 0 aromatic heterocycles. The predicted molar refractivity (Wildman–Crippen MR) is 21.1 cm³/mol. The van der Waals surface area contributed by atoms with E-state index in [1.807, 2.05) is 6.92 Å². The molecule has 1 atom stereocenters. The first-order chi connectivity index (χ1) is 1.73. The summed E-state index contributed by atoms with van der Waals surface area (Å²) in [5, 5.41) is 0. The Kier molecular flexibility index (Phi) is 4.64. The zero-order chi connectivity index (χ0) is 3.58. The fraction of sp³-hybridized carbons (Fsp3) is 1.00. The number of alkyl halides is 1. The molecule has 0 aromatic rings. The molecule has 20 valence electrons. The SMILES string of the molecule is C[CH](Cl)[K]. The van der Waals surface area contributed by atoms with Gasteiger partial charge in [-0.25, -0.2) is 0 Å². The summed E-state index contributed by atoms with van der Waals surface area (Å²) in [5.41, 5.74) is 0. The van der Waals surface area contributed by atoms with Crippen molar-refractivity contribution in [3.8, 4) is 0 Å². The van der Waals surface area contributed by atoms with E-state index in [1.165, 1.54) is 0 Å². The first kappa shape index (κ1) is 5.93. The van der Waals surface area contributed by atoms with E-state index in [4.69, 9.17) is 11.6 Å². The van der Waals surface area contributed by atoms with Gasteiger partial charge in [0, 0.05) is 0 Å². The van der Waals surface area contributed by atoms with Crippen LogP contribution in [0.2, 0.25) is 0 Å². The van der Waals surface area contributed by atoms with E-state index in [0.29, 0.717) is -0.528 Å². The second-order valence-corrected chi connectivity index (χ2v) is 5.73. The van der Waals surface area contributed by atoms with Crippen LogP contribution in [0.3, 0.4) is 0 Å². The van der Waals surface area contributed by atoms with Crippen molar-refractivity contribution in [1.29, 1.82) is 0 Å². The average molecular weight is 103 g/mol. The zero-order valence-electron chi connectivity index (χ0n) is 2.96. The number of rotatable bonds is 0. The van der Waals surface area contributed by atoms with Crippen molar-refractivity contribution in [2.24, 2.45) is 0 Å². The Labute approximate surface area is 65.5 Å². The Morgan fingerprint density at radius 3 is 2.00 bits per heavy atom. The van der Waals surface area contributed by atoms with Gasteiger partial charge in [0.05, 0.1) is 0 Å². The summed E-state index contributed by atoms with van der Waals surface area (Å²) < 4.78 is 0.493. The van der Waals surface area contributed by atoms with Crippen molar-refractivity contribution in [3.63, 3.8) is 0 Å². The Morgan fingerprint density at radius 2 is 2.00 bits per heavy atom. The van der Waals surface area contributed by atoms with Crippen molar-refractivity contribution < 1.29 is 0 Å². The van der Waals surface area contributed by atoms with E-state index in [1.54, 1.807) is 0 Å². The van der Waals surface area contributed by atoms with E-state index in [-0.39, 0.29) is 0 Å². The third kappa shape index (κ3) is 9.06. The van der Waals surface area contributed by atoms with Crippen LogP contribution in [-0.4, -0.2) is 48.4 Å². The van der Waals surface area contributed by atoms with Crippen molar-refractivity contribution in [2.45, 2.75) is 6.40 Å². The van der Waals surface area contributed by atoms with Crippen LogP contribution in [0.15, 0.2) is 0 Å². The van der Waals surface area contributed by atoms with E-state index >= 15 is 0 Å². The number of halogens is 1. The Bertz CT molecular complexity index is 10.8. The summed E-state index contributed by atoms with van der Waals surface area (Å²) in [7, 11) is 0. The first-order valence-electron chi connectivity index (χ1n) is 1.37. The van der Waals surface area contributed by atoms with Crippen molar-refractivity contribution in [1.82, 2.24) is 0 Å². The molecule has 0 saturated heterocycles. The molecule has 0 amide bonds. The van der Waals surface area contributed by atoms with Gasteiger partial charge in [-0.3, -0.25) is 0 Å². The quantitative estimate of drug-likeness (QED) is 0.313. The third-order valence-corrected chi connectivity index (χ3v) is 0. The van der Waals surface area contributed by atoms with Crippen LogP contribution in [0.5, 0.6) is 0 Å². The second-order valence-electron chi connectivity index (χ2n) is 1.01. The standard InChI is InChI=1S/C2H4Cl.K/c1-2-3;/h2H,1H3;. The van der Waals surface area contributed by atoms with Gasteiger partial charge >= 0.3 is 67.0 Å². The maximum atomic E-state index is 5.36. The van der Waals surface area contributed by atoms with E-state index in [2.05, 4.69) is 0 Å². The first-order valence-corrected chi connectivity index (χ1v) is 3.61. The van der Waals surface area contributed by atoms with Crippen molar-refractivity contribution in [3.05, 3.63) is 0 Å². The molecule has 0 nitrogen and oxygen atoms in total. The van der Waals surface area contributed by atoms with Crippen molar-refractivity contribution >= 4 is 60.6 Å². The van der Waals surface area contributed by atoms with Crippen molar-refractivity contribution in [2.75, 3.05) is 0 Å². The van der Waals surface area contributed by atoms with Gasteiger partial charge in [-0.05, 0) is 0 Å². The molecule has 0 fully saturated rings. The molecule has 1 unspecified atom stereocenters. The second kappa shape index (κ2) is 3.13. The van der Waals surface area contributed by atoms with Gasteiger partial charge in [-0.2, -0.15) is 0 Å². The summed E-state index contributed by atoms with van der Waals surface area (Å²) in [4.78, 5) is 0. The average Bonchev–Trinajstić information content (AvgIpc) is 0.811. The molecule has 0 spiro atoms. The van der Waals surface area contributed by atoms with Crippen LogP contribution >= 0.6 is 11.6 Å². The molecule has 0 bridgehead atoms. The summed E-state index contributed by atoms with van der Waals surface area (Å²) in [6.07, 6.45) is 0. The normalized spacial score (nSPS) is 16.0. The molecule has 0 aliphatic heterocycles. The van der Waals surface area contributed by atoms with Gasteiger partial charge in [-0.1, -0.05) is 0 Å². The van der Waals surface area contributed by atoms with Crippen LogP contribution in [0, 0.1) is 0 Å². The molecule has 0 N–H and O–H groups in total. The molecular weight excluding hydrogens is 98.6 g/mol. The molecule has 0 heterocycles. The monoisotopic (exact) mass is 102 g/mol. The molecule has 2 heteroatoms. The molecule has 0 radical (unpaired) electrons. The molecule has 0 aromatic carbocycles.